The molecular weight excluding hydrogens is 270 g/mol. The maximum atomic E-state index is 12.3. The van der Waals surface area contributed by atoms with Crippen molar-refractivity contribution >= 4 is 21.8 Å². The van der Waals surface area contributed by atoms with E-state index in [4.69, 9.17) is 0 Å². The third-order valence-corrected chi connectivity index (χ3v) is 3.07. The topological polar surface area (TPSA) is 98.6 Å². The van der Waals surface area contributed by atoms with Crippen molar-refractivity contribution < 1.29 is 0 Å². The average Bonchev–Trinajstić information content (AvgIpc) is 2.47. The number of H-pyrrole nitrogens is 3. The third kappa shape index (κ3) is 2.46. The summed E-state index contributed by atoms with van der Waals surface area (Å²) in [6, 6.07) is 13.1. The predicted molar refractivity (Wildman–Crippen MR) is 80.9 cm³/mol. The van der Waals surface area contributed by atoms with Crippen molar-refractivity contribution in [1.29, 1.82) is 0 Å². The van der Waals surface area contributed by atoms with E-state index in [1.165, 1.54) is 6.07 Å². The molecule has 2 aromatic carbocycles. The fraction of sp³-hybridized carbons (Fsp3) is 0. The van der Waals surface area contributed by atoms with Crippen LogP contribution in [0.2, 0.25) is 0 Å². The standard InChI is InChI=1S/C15H11N3O3/c19-13-10-6-2-4-8-12(10)17-15(21)18-14(20)9-5-1-3-7-11(9)16-13/h1-8H,(H,16,19)(H2,17,18,20,21). The van der Waals surface area contributed by atoms with Gasteiger partial charge in [-0.25, -0.2) is 4.79 Å². The van der Waals surface area contributed by atoms with Gasteiger partial charge >= 0.3 is 5.69 Å². The van der Waals surface area contributed by atoms with Crippen LogP contribution in [-0.4, -0.2) is 15.0 Å². The van der Waals surface area contributed by atoms with Gasteiger partial charge in [-0.15, -0.1) is 0 Å². The summed E-state index contributed by atoms with van der Waals surface area (Å²) in [5.74, 6) is 0. The maximum absolute atomic E-state index is 12.3. The Morgan fingerprint density at radius 1 is 0.571 bits per heavy atom. The van der Waals surface area contributed by atoms with Crippen LogP contribution in [0, 0.1) is 0 Å². The molecule has 6 heteroatoms. The summed E-state index contributed by atoms with van der Waals surface area (Å²) >= 11 is 0. The van der Waals surface area contributed by atoms with Crippen LogP contribution in [0.1, 0.15) is 0 Å². The molecular formula is C15H11N3O3. The van der Waals surface area contributed by atoms with E-state index in [1.54, 1.807) is 42.5 Å². The molecule has 0 aliphatic carbocycles. The Labute approximate surface area is 117 Å². The minimum atomic E-state index is -0.683. The molecule has 3 N–H and O–H groups in total. The number of nitrogens with one attached hydrogen (secondary N) is 3. The molecule has 1 heterocycles. The molecule has 6 nitrogen and oxygen atoms in total. The van der Waals surface area contributed by atoms with Gasteiger partial charge in [0.2, 0.25) is 0 Å². The molecule has 0 bridgehead atoms. The highest BCUT2D eigenvalue weighted by Gasteiger charge is 1.98. The minimum absolute atomic E-state index is 0.223. The fourth-order valence-electron chi connectivity index (χ4n) is 2.09. The Kier molecular flexibility index (Phi) is 3.12. The zero-order chi connectivity index (χ0) is 14.8. The SMILES string of the molecule is O=c1[nH]c(=O)c2ccccc2[nH]c(=O)c2ccccc2[nH]1. The largest absolute Gasteiger partial charge is 0.326 e. The summed E-state index contributed by atoms with van der Waals surface area (Å²) in [4.78, 5) is 43.5. The number of aromatic amines is 3. The fourth-order valence-corrected chi connectivity index (χ4v) is 2.09. The molecule has 1 aromatic heterocycles. The van der Waals surface area contributed by atoms with Crippen molar-refractivity contribution in [1.82, 2.24) is 15.0 Å². The number of hydrogen-bond donors (Lipinski definition) is 3. The Morgan fingerprint density at radius 3 is 1.67 bits per heavy atom. The van der Waals surface area contributed by atoms with E-state index in [9.17, 15) is 14.4 Å². The number of para-hydroxylation sites is 2. The van der Waals surface area contributed by atoms with Gasteiger partial charge in [0.15, 0.2) is 0 Å². The second kappa shape index (κ2) is 5.09. The van der Waals surface area contributed by atoms with Gasteiger partial charge < -0.3 is 9.97 Å². The monoisotopic (exact) mass is 281 g/mol. The van der Waals surface area contributed by atoms with Crippen molar-refractivity contribution in [2.24, 2.45) is 0 Å². The van der Waals surface area contributed by atoms with E-state index in [2.05, 4.69) is 15.0 Å². The lowest BCUT2D eigenvalue weighted by Crippen LogP contribution is -2.19. The molecule has 3 rings (SSSR count). The Morgan fingerprint density at radius 2 is 1.05 bits per heavy atom. The molecule has 0 atom stereocenters. The Bertz CT molecular complexity index is 1060. The van der Waals surface area contributed by atoms with Gasteiger partial charge in [-0.2, -0.15) is 0 Å². The smallest absolute Gasteiger partial charge is 0.321 e. The van der Waals surface area contributed by atoms with Crippen molar-refractivity contribution in [3.05, 3.63) is 79.7 Å². The number of aromatic nitrogens is 3. The van der Waals surface area contributed by atoms with Gasteiger partial charge in [-0.1, -0.05) is 24.3 Å². The van der Waals surface area contributed by atoms with Crippen LogP contribution in [0.25, 0.3) is 21.8 Å². The lowest BCUT2D eigenvalue weighted by molar-refractivity contribution is 1.10. The molecule has 0 aliphatic rings. The van der Waals surface area contributed by atoms with Gasteiger partial charge in [0.25, 0.3) is 11.1 Å². The molecule has 0 amide bonds. The molecule has 3 aromatic rings. The molecule has 104 valence electrons. The van der Waals surface area contributed by atoms with E-state index >= 15 is 0 Å². The highest BCUT2D eigenvalue weighted by molar-refractivity contribution is 5.79. The number of rotatable bonds is 0. The highest BCUT2D eigenvalue weighted by Crippen LogP contribution is 2.04. The van der Waals surface area contributed by atoms with Crippen molar-refractivity contribution in [3.63, 3.8) is 0 Å². The zero-order valence-electron chi connectivity index (χ0n) is 10.8. The van der Waals surface area contributed by atoms with Gasteiger partial charge in [0, 0.05) is 0 Å². The van der Waals surface area contributed by atoms with Crippen LogP contribution >= 0.6 is 0 Å². The summed E-state index contributed by atoms with van der Waals surface area (Å²) in [6.45, 7) is 0. The lowest BCUT2D eigenvalue weighted by atomic mass is 10.2. The van der Waals surface area contributed by atoms with Crippen LogP contribution < -0.4 is 16.8 Å². The zero-order valence-corrected chi connectivity index (χ0v) is 10.8. The number of benzene rings is 2. The van der Waals surface area contributed by atoms with Gasteiger partial charge in [-0.3, -0.25) is 14.6 Å². The molecule has 21 heavy (non-hydrogen) atoms. The summed E-state index contributed by atoms with van der Waals surface area (Å²) in [5.41, 5.74) is -0.975. The molecule has 0 fully saturated rings. The van der Waals surface area contributed by atoms with Crippen LogP contribution in [0.15, 0.2) is 62.9 Å². The van der Waals surface area contributed by atoms with E-state index < -0.39 is 16.8 Å². The highest BCUT2D eigenvalue weighted by atomic mass is 16.2. The van der Waals surface area contributed by atoms with Gasteiger partial charge in [0.1, 0.15) is 0 Å². The second-order valence-electron chi connectivity index (χ2n) is 4.45. The van der Waals surface area contributed by atoms with E-state index in [1.807, 2.05) is 0 Å². The van der Waals surface area contributed by atoms with Gasteiger partial charge in [0.05, 0.1) is 21.8 Å². The van der Waals surface area contributed by atoms with E-state index in [0.717, 1.165) is 0 Å². The Hall–Kier alpha value is -3.15. The molecule has 0 saturated carbocycles. The summed E-state index contributed by atoms with van der Waals surface area (Å²) in [6.07, 6.45) is 0. The number of fused-ring (bicyclic) bond motifs is 2. The summed E-state index contributed by atoms with van der Waals surface area (Å²) in [7, 11) is 0. The van der Waals surface area contributed by atoms with E-state index in [-0.39, 0.29) is 5.39 Å². The first-order chi connectivity index (χ1) is 10.1. The summed E-state index contributed by atoms with van der Waals surface area (Å²) in [5, 5.41) is 0.539. The molecule has 0 radical (unpaired) electrons. The van der Waals surface area contributed by atoms with Crippen molar-refractivity contribution in [2.75, 3.05) is 0 Å². The second-order valence-corrected chi connectivity index (χ2v) is 4.45. The number of hydrogen-bond acceptors (Lipinski definition) is 3. The molecule has 0 unspecified atom stereocenters. The van der Waals surface area contributed by atoms with Gasteiger partial charge in [-0.05, 0) is 24.3 Å². The van der Waals surface area contributed by atoms with Crippen molar-refractivity contribution in [3.8, 4) is 0 Å². The van der Waals surface area contributed by atoms with Crippen LogP contribution in [0.3, 0.4) is 0 Å². The minimum Gasteiger partial charge on any atom is -0.321 e. The molecule has 0 saturated heterocycles. The lowest BCUT2D eigenvalue weighted by Gasteiger charge is -1.94. The van der Waals surface area contributed by atoms with Crippen LogP contribution in [0.4, 0.5) is 0 Å². The Balaban J connectivity index is 2.70. The first-order valence-corrected chi connectivity index (χ1v) is 6.27. The first kappa shape index (κ1) is 12.9. The molecule has 0 aliphatic heterocycles. The first-order valence-electron chi connectivity index (χ1n) is 6.27. The average molecular weight is 281 g/mol. The summed E-state index contributed by atoms with van der Waals surface area (Å²) < 4.78 is 0. The quantitative estimate of drug-likeness (QED) is 0.577. The third-order valence-electron chi connectivity index (χ3n) is 3.07. The van der Waals surface area contributed by atoms with E-state index in [0.29, 0.717) is 16.4 Å². The van der Waals surface area contributed by atoms with Crippen LogP contribution in [-0.2, 0) is 0 Å². The maximum Gasteiger partial charge on any atom is 0.326 e. The molecule has 0 spiro atoms. The predicted octanol–water partition coefficient (Wildman–Crippen LogP) is 1.18. The normalized spacial score (nSPS) is 10.5. The van der Waals surface area contributed by atoms with Crippen LogP contribution in [0.5, 0.6) is 0 Å². The van der Waals surface area contributed by atoms with Crippen molar-refractivity contribution in [2.45, 2.75) is 0 Å².